The fourth-order valence-corrected chi connectivity index (χ4v) is 6.69. The van der Waals surface area contributed by atoms with Crippen LogP contribution in [0, 0.1) is 17.9 Å². The number of fused-ring (bicyclic) bond motifs is 6. The fourth-order valence-electron chi connectivity index (χ4n) is 6.69. The van der Waals surface area contributed by atoms with Gasteiger partial charge in [-0.05, 0) is 35.9 Å². The Labute approximate surface area is 275 Å². The van der Waals surface area contributed by atoms with Gasteiger partial charge in [0, 0.05) is 38.7 Å². The Morgan fingerprint density at radius 3 is 2.00 bits per heavy atom. The predicted octanol–water partition coefficient (Wildman–Crippen LogP) is 10.9. The Morgan fingerprint density at radius 2 is 1.25 bits per heavy atom. The Morgan fingerprint density at radius 1 is 0.583 bits per heavy atom. The quantitative estimate of drug-likeness (QED) is 0.185. The van der Waals surface area contributed by atoms with Gasteiger partial charge in [0.2, 0.25) is 5.69 Å². The highest BCUT2D eigenvalue weighted by molar-refractivity contribution is 6.17. The minimum atomic E-state index is 0.355. The van der Waals surface area contributed by atoms with E-state index in [0.717, 1.165) is 60.6 Å². The van der Waals surface area contributed by atoms with Gasteiger partial charge in [0.05, 0.1) is 34.7 Å². The Hall–Kier alpha value is -7.02. The van der Waals surface area contributed by atoms with Gasteiger partial charge in [-0.25, -0.2) is 14.8 Å². The molecule has 0 radical (unpaired) electrons. The maximum Gasteiger partial charge on any atom is 0.211 e. The normalized spacial score (nSPS) is 11.3. The van der Waals surface area contributed by atoms with Crippen molar-refractivity contribution in [3.05, 3.63) is 157 Å². The molecule has 0 saturated heterocycles. The lowest BCUT2D eigenvalue weighted by Gasteiger charge is -2.14. The monoisotopic (exact) mass is 613 g/mol. The molecular weight excluding hydrogens is 590 g/mol. The molecule has 0 spiro atoms. The van der Waals surface area contributed by atoms with E-state index in [1.807, 2.05) is 109 Å². The van der Waals surface area contributed by atoms with Gasteiger partial charge in [-0.2, -0.15) is 5.26 Å². The first-order valence-electron chi connectivity index (χ1n) is 15.5. The third-order valence-electron chi connectivity index (χ3n) is 8.88. The molecule has 0 aliphatic rings. The second kappa shape index (κ2) is 10.8. The van der Waals surface area contributed by atoms with E-state index in [2.05, 4.69) is 45.8 Å². The SMILES string of the molecule is [C-]#[N+]c1cc(-c2nc(-c3ccccc3)nc(-c3ccccc3)c2C#N)ccc1-n1c2ccccc2c2cc3c(cc21)oc1ccccc13. The number of para-hydroxylation sites is 2. The number of aromatic nitrogens is 3. The maximum absolute atomic E-state index is 10.5. The second-order valence-electron chi connectivity index (χ2n) is 11.6. The van der Waals surface area contributed by atoms with E-state index < -0.39 is 0 Å². The highest BCUT2D eigenvalue weighted by Crippen LogP contribution is 2.41. The van der Waals surface area contributed by atoms with Gasteiger partial charge < -0.3 is 8.98 Å². The molecule has 9 rings (SSSR count). The molecule has 6 nitrogen and oxygen atoms in total. The van der Waals surface area contributed by atoms with Crippen LogP contribution >= 0.6 is 0 Å². The first kappa shape index (κ1) is 27.3. The minimum Gasteiger partial charge on any atom is -0.456 e. The number of nitrogens with zero attached hydrogens (tertiary/aromatic N) is 5. The summed E-state index contributed by atoms with van der Waals surface area (Å²) >= 11 is 0. The van der Waals surface area contributed by atoms with Gasteiger partial charge in [-0.1, -0.05) is 103 Å². The van der Waals surface area contributed by atoms with Crippen molar-refractivity contribution in [2.75, 3.05) is 0 Å². The molecule has 6 aromatic carbocycles. The molecule has 222 valence electrons. The number of furan rings is 1. The van der Waals surface area contributed by atoms with Gasteiger partial charge in [0.25, 0.3) is 0 Å². The molecule has 0 amide bonds. The number of benzene rings is 6. The van der Waals surface area contributed by atoms with Gasteiger partial charge in [-0.15, -0.1) is 0 Å². The van der Waals surface area contributed by atoms with Crippen molar-refractivity contribution in [1.29, 1.82) is 5.26 Å². The molecule has 0 N–H and O–H groups in total. The van der Waals surface area contributed by atoms with Crippen LogP contribution in [0.25, 0.3) is 88.2 Å². The van der Waals surface area contributed by atoms with Gasteiger partial charge in [0.15, 0.2) is 5.82 Å². The fraction of sp³-hybridized carbons (Fsp3) is 0. The van der Waals surface area contributed by atoms with Crippen LogP contribution in [0.2, 0.25) is 0 Å². The van der Waals surface area contributed by atoms with Crippen LogP contribution in [0.1, 0.15) is 5.56 Å². The molecule has 0 aliphatic carbocycles. The summed E-state index contributed by atoms with van der Waals surface area (Å²) in [5.41, 5.74) is 8.42. The third-order valence-corrected chi connectivity index (χ3v) is 8.88. The average molecular weight is 614 g/mol. The van der Waals surface area contributed by atoms with Crippen LogP contribution in [0.4, 0.5) is 5.69 Å². The summed E-state index contributed by atoms with van der Waals surface area (Å²) in [6, 6.07) is 48.1. The zero-order valence-electron chi connectivity index (χ0n) is 25.4. The van der Waals surface area contributed by atoms with E-state index in [4.69, 9.17) is 21.0 Å². The summed E-state index contributed by atoms with van der Waals surface area (Å²) in [7, 11) is 0. The summed E-state index contributed by atoms with van der Waals surface area (Å²) in [5, 5.41) is 14.8. The Balaban J connectivity index is 1.29. The molecule has 6 heteroatoms. The molecule has 0 unspecified atom stereocenters. The van der Waals surface area contributed by atoms with Crippen LogP contribution in [-0.2, 0) is 0 Å². The van der Waals surface area contributed by atoms with E-state index in [0.29, 0.717) is 34.0 Å². The molecule has 0 aliphatic heterocycles. The lowest BCUT2D eigenvalue weighted by atomic mass is 9.99. The highest BCUT2D eigenvalue weighted by atomic mass is 16.3. The van der Waals surface area contributed by atoms with Crippen molar-refractivity contribution in [2.45, 2.75) is 0 Å². The van der Waals surface area contributed by atoms with Crippen LogP contribution in [-0.4, -0.2) is 14.5 Å². The zero-order chi connectivity index (χ0) is 32.2. The van der Waals surface area contributed by atoms with Gasteiger partial charge in [0.1, 0.15) is 22.8 Å². The first-order valence-corrected chi connectivity index (χ1v) is 15.5. The lowest BCUT2D eigenvalue weighted by molar-refractivity contribution is 0.669. The molecule has 0 bridgehead atoms. The van der Waals surface area contributed by atoms with Crippen molar-refractivity contribution in [1.82, 2.24) is 14.5 Å². The molecule has 3 heterocycles. The second-order valence-corrected chi connectivity index (χ2v) is 11.6. The molecule has 0 atom stereocenters. The first-order chi connectivity index (χ1) is 23.7. The summed E-state index contributed by atoms with van der Waals surface area (Å²) in [6.07, 6.45) is 0. The Bertz CT molecular complexity index is 2800. The largest absolute Gasteiger partial charge is 0.456 e. The van der Waals surface area contributed by atoms with Gasteiger partial charge in [-0.3, -0.25) is 0 Å². The van der Waals surface area contributed by atoms with E-state index in [1.165, 1.54) is 0 Å². The van der Waals surface area contributed by atoms with Crippen molar-refractivity contribution in [2.24, 2.45) is 0 Å². The molecule has 0 fully saturated rings. The van der Waals surface area contributed by atoms with Crippen LogP contribution in [0.3, 0.4) is 0 Å². The molecule has 3 aromatic heterocycles. The Kier molecular flexibility index (Phi) is 6.15. The lowest BCUT2D eigenvalue weighted by Crippen LogP contribution is -2.01. The third kappa shape index (κ3) is 4.18. The van der Waals surface area contributed by atoms with E-state index in [9.17, 15) is 5.26 Å². The van der Waals surface area contributed by atoms with E-state index in [-0.39, 0.29) is 0 Å². The van der Waals surface area contributed by atoms with Crippen molar-refractivity contribution < 1.29 is 4.42 Å². The molecule has 0 saturated carbocycles. The molecular formula is C42H23N5O. The minimum absolute atomic E-state index is 0.355. The number of hydrogen-bond donors (Lipinski definition) is 0. The topological polar surface area (TPSA) is 72.0 Å². The molecule has 9 aromatic rings. The number of hydrogen-bond acceptors (Lipinski definition) is 4. The predicted molar refractivity (Wildman–Crippen MR) is 191 cm³/mol. The average Bonchev–Trinajstić information content (AvgIpc) is 3.68. The standard InChI is InChI=1S/C42H23N5O/c1-44-34-22-28(41-33(25-43)40(26-12-4-2-5-13-26)45-42(46-41)27-14-6-3-7-15-27)20-21-36(34)47-35-18-10-8-16-29(35)31-23-32-30-17-9-11-19-38(30)48-39(32)24-37(31)47/h2-24H. The van der Waals surface area contributed by atoms with Gasteiger partial charge >= 0.3 is 0 Å². The zero-order valence-corrected chi connectivity index (χ0v) is 25.4. The maximum atomic E-state index is 10.5. The van der Waals surface area contributed by atoms with Crippen molar-refractivity contribution in [3.63, 3.8) is 0 Å². The number of nitriles is 1. The molecule has 48 heavy (non-hydrogen) atoms. The van der Waals surface area contributed by atoms with Crippen LogP contribution < -0.4 is 0 Å². The number of rotatable bonds is 4. The highest BCUT2D eigenvalue weighted by Gasteiger charge is 2.22. The van der Waals surface area contributed by atoms with Crippen LogP contribution in [0.15, 0.2) is 144 Å². The smallest absolute Gasteiger partial charge is 0.211 e. The summed E-state index contributed by atoms with van der Waals surface area (Å²) < 4.78 is 8.41. The summed E-state index contributed by atoms with van der Waals surface area (Å²) in [5.74, 6) is 0.508. The summed E-state index contributed by atoms with van der Waals surface area (Å²) in [6.45, 7) is 8.31. The van der Waals surface area contributed by atoms with E-state index in [1.54, 1.807) is 0 Å². The summed E-state index contributed by atoms with van der Waals surface area (Å²) in [4.78, 5) is 13.8. The van der Waals surface area contributed by atoms with Crippen molar-refractivity contribution in [3.8, 4) is 45.7 Å². The van der Waals surface area contributed by atoms with Crippen molar-refractivity contribution >= 4 is 49.4 Å². The van der Waals surface area contributed by atoms with Crippen LogP contribution in [0.5, 0.6) is 0 Å². The van der Waals surface area contributed by atoms with E-state index >= 15 is 0 Å².